The van der Waals surface area contributed by atoms with Gasteiger partial charge in [-0.3, -0.25) is 0 Å². The average molecular weight is 226 g/mol. The van der Waals surface area contributed by atoms with Crippen LogP contribution >= 0.6 is 11.8 Å². The van der Waals surface area contributed by atoms with Gasteiger partial charge >= 0.3 is 0 Å². The highest BCUT2D eigenvalue weighted by atomic mass is 32.2. The van der Waals surface area contributed by atoms with Crippen LogP contribution in [0.5, 0.6) is 0 Å². The number of rotatable bonds is 3. The minimum absolute atomic E-state index is 1.24. The molecule has 0 amide bonds. The average Bonchev–Trinajstić information content (AvgIpc) is 2.33. The van der Waals surface area contributed by atoms with Gasteiger partial charge in [-0.2, -0.15) is 0 Å². The predicted molar refractivity (Wildman–Crippen MR) is 72.5 cm³/mol. The first kappa shape index (κ1) is 11.0. The molecule has 80 valence electrons. The van der Waals surface area contributed by atoms with Gasteiger partial charge in [0.2, 0.25) is 0 Å². The third kappa shape index (κ3) is 3.28. The zero-order valence-electron chi connectivity index (χ0n) is 9.26. The third-order valence-electron chi connectivity index (χ3n) is 2.29. The normalized spacial score (nSPS) is 10.8. The topological polar surface area (TPSA) is 0 Å². The van der Waals surface area contributed by atoms with E-state index in [1.165, 1.54) is 16.0 Å². The van der Waals surface area contributed by atoms with Gasteiger partial charge < -0.3 is 0 Å². The van der Waals surface area contributed by atoms with Crippen LogP contribution in [0.4, 0.5) is 0 Å². The highest BCUT2D eigenvalue weighted by Crippen LogP contribution is 2.19. The largest absolute Gasteiger partial charge is 0.0981 e. The molecular formula is C15H14S. The van der Waals surface area contributed by atoms with Crippen molar-refractivity contribution >= 4 is 17.8 Å². The van der Waals surface area contributed by atoms with Crippen molar-refractivity contribution in [1.29, 1.82) is 0 Å². The Morgan fingerprint density at radius 1 is 0.875 bits per heavy atom. The molecule has 0 saturated heterocycles. The van der Waals surface area contributed by atoms with Crippen molar-refractivity contribution in [3.8, 4) is 0 Å². The first-order valence-electron chi connectivity index (χ1n) is 5.29. The number of hydrogen-bond donors (Lipinski definition) is 0. The van der Waals surface area contributed by atoms with Crippen LogP contribution in [0, 0.1) is 6.92 Å². The molecule has 0 aromatic heterocycles. The van der Waals surface area contributed by atoms with Crippen molar-refractivity contribution in [2.75, 3.05) is 0 Å². The van der Waals surface area contributed by atoms with Crippen LogP contribution in [0.25, 0.3) is 6.08 Å². The predicted octanol–water partition coefficient (Wildman–Crippen LogP) is 4.76. The smallest absolute Gasteiger partial charge is 0.0116 e. The summed E-state index contributed by atoms with van der Waals surface area (Å²) >= 11 is 1.74. The summed E-state index contributed by atoms with van der Waals surface area (Å²) in [6.07, 6.45) is 2.14. The summed E-state index contributed by atoms with van der Waals surface area (Å²) in [7, 11) is 0. The lowest BCUT2D eigenvalue weighted by Gasteiger charge is -1.96. The van der Waals surface area contributed by atoms with Gasteiger partial charge in [-0.25, -0.2) is 0 Å². The van der Waals surface area contributed by atoms with E-state index in [9.17, 15) is 0 Å². The lowest BCUT2D eigenvalue weighted by atomic mass is 10.2. The van der Waals surface area contributed by atoms with Crippen LogP contribution in [0.15, 0.2) is 64.9 Å². The second-order valence-electron chi connectivity index (χ2n) is 3.64. The van der Waals surface area contributed by atoms with Gasteiger partial charge in [0.05, 0.1) is 0 Å². The van der Waals surface area contributed by atoms with Gasteiger partial charge in [0.1, 0.15) is 0 Å². The molecule has 2 aromatic carbocycles. The minimum atomic E-state index is 1.24. The molecule has 0 saturated carbocycles. The standard InChI is InChI=1S/C15H14S/c1-13-7-9-14(10-8-13)11-12-16-15-5-3-2-4-6-15/h2-12H,1H3. The summed E-state index contributed by atoms with van der Waals surface area (Å²) in [6.45, 7) is 2.10. The van der Waals surface area contributed by atoms with Gasteiger partial charge in [0, 0.05) is 4.90 Å². The Morgan fingerprint density at radius 3 is 2.25 bits per heavy atom. The quantitative estimate of drug-likeness (QED) is 0.680. The Balaban J connectivity index is 1.98. The van der Waals surface area contributed by atoms with E-state index < -0.39 is 0 Å². The maximum absolute atomic E-state index is 2.14. The van der Waals surface area contributed by atoms with Gasteiger partial charge in [-0.15, -0.1) is 0 Å². The third-order valence-corrected chi connectivity index (χ3v) is 3.10. The SMILES string of the molecule is Cc1ccc(C=CSc2ccccc2)cc1. The summed E-state index contributed by atoms with van der Waals surface area (Å²) in [5.74, 6) is 0. The number of benzene rings is 2. The zero-order valence-corrected chi connectivity index (χ0v) is 10.1. The summed E-state index contributed by atoms with van der Waals surface area (Å²) in [5.41, 5.74) is 2.54. The highest BCUT2D eigenvalue weighted by molar-refractivity contribution is 8.02. The van der Waals surface area contributed by atoms with Gasteiger partial charge in [-0.1, -0.05) is 59.8 Å². The Bertz CT molecular complexity index is 455. The molecule has 0 nitrogen and oxygen atoms in total. The van der Waals surface area contributed by atoms with E-state index in [2.05, 4.69) is 66.9 Å². The Hall–Kier alpha value is -1.47. The molecule has 0 bridgehead atoms. The summed E-state index contributed by atoms with van der Waals surface area (Å²) in [5, 5.41) is 2.12. The van der Waals surface area contributed by atoms with Crippen molar-refractivity contribution in [2.24, 2.45) is 0 Å². The number of aryl methyl sites for hydroxylation is 1. The second kappa shape index (κ2) is 5.57. The van der Waals surface area contributed by atoms with E-state index >= 15 is 0 Å². The molecular weight excluding hydrogens is 212 g/mol. The number of hydrogen-bond acceptors (Lipinski definition) is 1. The molecule has 0 fully saturated rings. The van der Waals surface area contributed by atoms with E-state index in [-0.39, 0.29) is 0 Å². The molecule has 16 heavy (non-hydrogen) atoms. The Kier molecular flexibility index (Phi) is 3.84. The van der Waals surface area contributed by atoms with Gasteiger partial charge in [0.25, 0.3) is 0 Å². The van der Waals surface area contributed by atoms with Crippen LogP contribution in [0.1, 0.15) is 11.1 Å². The molecule has 0 atom stereocenters. The lowest BCUT2D eigenvalue weighted by molar-refractivity contribution is 1.46. The molecule has 0 aliphatic heterocycles. The van der Waals surface area contributed by atoms with Crippen LogP contribution in [0.3, 0.4) is 0 Å². The number of thioether (sulfide) groups is 1. The van der Waals surface area contributed by atoms with E-state index in [1.807, 2.05) is 6.07 Å². The molecule has 2 rings (SSSR count). The Labute approximate surface area is 101 Å². The zero-order chi connectivity index (χ0) is 11.2. The Morgan fingerprint density at radius 2 is 1.56 bits per heavy atom. The van der Waals surface area contributed by atoms with Crippen molar-refractivity contribution in [1.82, 2.24) is 0 Å². The molecule has 0 aliphatic rings. The molecule has 1 heteroatoms. The fourth-order valence-corrected chi connectivity index (χ4v) is 2.06. The summed E-state index contributed by atoms with van der Waals surface area (Å²) in [6, 6.07) is 18.9. The molecule has 0 N–H and O–H groups in total. The maximum atomic E-state index is 2.14. The van der Waals surface area contributed by atoms with Crippen molar-refractivity contribution in [2.45, 2.75) is 11.8 Å². The highest BCUT2D eigenvalue weighted by Gasteiger charge is 1.88. The van der Waals surface area contributed by atoms with Crippen molar-refractivity contribution in [3.63, 3.8) is 0 Å². The van der Waals surface area contributed by atoms with Crippen LogP contribution in [0.2, 0.25) is 0 Å². The van der Waals surface area contributed by atoms with Crippen molar-refractivity contribution in [3.05, 3.63) is 71.1 Å². The van der Waals surface area contributed by atoms with Crippen molar-refractivity contribution < 1.29 is 0 Å². The lowest BCUT2D eigenvalue weighted by Crippen LogP contribution is -1.72. The summed E-state index contributed by atoms with van der Waals surface area (Å²) < 4.78 is 0. The van der Waals surface area contributed by atoms with Crippen LogP contribution in [-0.4, -0.2) is 0 Å². The van der Waals surface area contributed by atoms with E-state index in [4.69, 9.17) is 0 Å². The maximum Gasteiger partial charge on any atom is 0.0116 e. The van der Waals surface area contributed by atoms with Gasteiger partial charge in [-0.05, 0) is 36.1 Å². The first-order valence-corrected chi connectivity index (χ1v) is 6.17. The molecule has 0 spiro atoms. The van der Waals surface area contributed by atoms with Gasteiger partial charge in [0.15, 0.2) is 0 Å². The fourth-order valence-electron chi connectivity index (χ4n) is 1.37. The van der Waals surface area contributed by atoms with E-state index in [0.717, 1.165) is 0 Å². The molecule has 2 aromatic rings. The molecule has 0 aliphatic carbocycles. The fraction of sp³-hybridized carbons (Fsp3) is 0.0667. The second-order valence-corrected chi connectivity index (χ2v) is 4.62. The van der Waals surface area contributed by atoms with Crippen LogP contribution < -0.4 is 0 Å². The molecule has 0 radical (unpaired) electrons. The molecule has 0 heterocycles. The first-order chi connectivity index (χ1) is 7.84. The summed E-state index contributed by atoms with van der Waals surface area (Å²) in [4.78, 5) is 1.27. The monoisotopic (exact) mass is 226 g/mol. The van der Waals surface area contributed by atoms with Crippen LogP contribution in [-0.2, 0) is 0 Å². The molecule has 0 unspecified atom stereocenters. The van der Waals surface area contributed by atoms with E-state index in [0.29, 0.717) is 0 Å². The minimum Gasteiger partial charge on any atom is -0.0981 e. The van der Waals surface area contributed by atoms with E-state index in [1.54, 1.807) is 11.8 Å².